The van der Waals surface area contributed by atoms with Crippen LogP contribution in [-0.2, 0) is 9.59 Å². The lowest BCUT2D eigenvalue weighted by atomic mass is 9.85. The van der Waals surface area contributed by atoms with Crippen LogP contribution in [0.4, 0.5) is 5.69 Å². The molecule has 5 nitrogen and oxygen atoms in total. The van der Waals surface area contributed by atoms with E-state index >= 15 is 0 Å². The highest BCUT2D eigenvalue weighted by Crippen LogP contribution is 2.50. The first-order valence-corrected chi connectivity index (χ1v) is 11.5. The molecular weight excluding hydrogens is 400 g/mol. The van der Waals surface area contributed by atoms with Crippen molar-refractivity contribution in [3.05, 3.63) is 71.3 Å². The Balaban J connectivity index is 1.64. The first-order valence-electron chi connectivity index (χ1n) is 11.5. The van der Waals surface area contributed by atoms with Crippen LogP contribution in [0, 0.1) is 18.8 Å². The summed E-state index contributed by atoms with van der Waals surface area (Å²) in [5, 5.41) is 0. The molecule has 0 radical (unpaired) electrons. The number of ketones is 1. The minimum Gasteiger partial charge on any atom is -0.352 e. The van der Waals surface area contributed by atoms with Crippen molar-refractivity contribution in [3.63, 3.8) is 0 Å². The molecule has 3 aliphatic heterocycles. The number of amides is 2. The molecule has 0 aromatic heterocycles. The molecule has 0 saturated carbocycles. The second-order valence-corrected chi connectivity index (χ2v) is 9.17. The van der Waals surface area contributed by atoms with Gasteiger partial charge in [-0.3, -0.25) is 19.3 Å². The Bertz CT molecular complexity index is 1130. The van der Waals surface area contributed by atoms with Gasteiger partial charge in [-0.15, -0.1) is 0 Å². The van der Waals surface area contributed by atoms with E-state index < -0.39 is 17.9 Å². The number of hydrogen-bond donors (Lipinski definition) is 0. The van der Waals surface area contributed by atoms with Crippen LogP contribution in [0.5, 0.6) is 0 Å². The van der Waals surface area contributed by atoms with Gasteiger partial charge in [0.2, 0.25) is 11.8 Å². The number of carbonyl (C=O) groups excluding carboxylic acids is 3. The standard InChI is InChI=1S/C27H28N2O3/c1-4-5-14-28-26(31)22-21-15-17(3)19-8-6-7-9-20(19)29(21)24(23(22)27(28)32)25(30)18-12-10-16(2)11-13-18/h6-13,15,21-24H,4-5,14H2,1-3H3/t21-,22+,23+,24-/m0/s1. The van der Waals surface area contributed by atoms with E-state index in [2.05, 4.69) is 6.08 Å². The van der Waals surface area contributed by atoms with Crippen molar-refractivity contribution in [1.82, 2.24) is 4.90 Å². The van der Waals surface area contributed by atoms with E-state index in [0.717, 1.165) is 35.2 Å². The molecule has 3 heterocycles. The predicted octanol–water partition coefficient (Wildman–Crippen LogP) is 4.25. The number of allylic oxidation sites excluding steroid dienone is 1. The highest BCUT2D eigenvalue weighted by atomic mass is 16.2. The summed E-state index contributed by atoms with van der Waals surface area (Å²) in [6, 6.07) is 14.5. The fraction of sp³-hybridized carbons (Fsp3) is 0.370. The molecule has 5 heteroatoms. The zero-order valence-electron chi connectivity index (χ0n) is 18.7. The third kappa shape index (κ3) is 2.94. The van der Waals surface area contributed by atoms with E-state index in [9.17, 15) is 14.4 Å². The molecular formula is C27H28N2O3. The van der Waals surface area contributed by atoms with E-state index in [1.54, 1.807) is 0 Å². The Morgan fingerprint density at radius 1 is 0.938 bits per heavy atom. The molecule has 0 unspecified atom stereocenters. The third-order valence-corrected chi connectivity index (χ3v) is 7.19. The normalized spacial score (nSPS) is 26.0. The zero-order chi connectivity index (χ0) is 22.6. The smallest absolute Gasteiger partial charge is 0.235 e. The molecule has 164 valence electrons. The van der Waals surface area contributed by atoms with Gasteiger partial charge in [-0.1, -0.05) is 67.4 Å². The van der Waals surface area contributed by atoms with Gasteiger partial charge >= 0.3 is 0 Å². The van der Waals surface area contributed by atoms with Gasteiger partial charge in [0.1, 0.15) is 6.04 Å². The molecule has 2 aromatic carbocycles. The summed E-state index contributed by atoms with van der Waals surface area (Å²) in [6.07, 6.45) is 3.76. The summed E-state index contributed by atoms with van der Waals surface area (Å²) >= 11 is 0. The number of imide groups is 1. The Morgan fingerprint density at radius 2 is 1.62 bits per heavy atom. The third-order valence-electron chi connectivity index (χ3n) is 7.19. The molecule has 2 amide bonds. The molecule has 5 rings (SSSR count). The topological polar surface area (TPSA) is 57.7 Å². The second kappa shape index (κ2) is 7.73. The van der Waals surface area contributed by atoms with Crippen LogP contribution >= 0.6 is 0 Å². The van der Waals surface area contributed by atoms with Crippen molar-refractivity contribution in [2.24, 2.45) is 11.8 Å². The first-order chi connectivity index (χ1) is 15.4. The van der Waals surface area contributed by atoms with Gasteiger partial charge in [-0.2, -0.15) is 0 Å². The molecule has 32 heavy (non-hydrogen) atoms. The van der Waals surface area contributed by atoms with Gasteiger partial charge in [-0.05, 0) is 31.9 Å². The number of fused-ring (bicyclic) bond motifs is 5. The van der Waals surface area contributed by atoms with Crippen LogP contribution in [0.25, 0.3) is 5.57 Å². The van der Waals surface area contributed by atoms with Crippen molar-refractivity contribution < 1.29 is 14.4 Å². The van der Waals surface area contributed by atoms with Gasteiger partial charge in [-0.25, -0.2) is 0 Å². The number of unbranched alkanes of at least 4 members (excludes halogenated alkanes) is 1. The van der Waals surface area contributed by atoms with E-state index in [1.165, 1.54) is 4.90 Å². The van der Waals surface area contributed by atoms with Crippen molar-refractivity contribution in [2.45, 2.75) is 45.7 Å². The molecule has 2 aromatic rings. The number of benzene rings is 2. The summed E-state index contributed by atoms with van der Waals surface area (Å²) in [5.41, 5.74) is 4.71. The maximum Gasteiger partial charge on any atom is 0.235 e. The van der Waals surface area contributed by atoms with E-state index in [0.29, 0.717) is 12.1 Å². The van der Waals surface area contributed by atoms with E-state index in [1.807, 2.05) is 74.2 Å². The second-order valence-electron chi connectivity index (χ2n) is 9.17. The monoisotopic (exact) mass is 428 g/mol. The van der Waals surface area contributed by atoms with Crippen molar-refractivity contribution in [2.75, 3.05) is 11.4 Å². The molecule has 0 aliphatic carbocycles. The fourth-order valence-corrected chi connectivity index (χ4v) is 5.58. The predicted molar refractivity (Wildman–Crippen MR) is 124 cm³/mol. The lowest BCUT2D eigenvalue weighted by Crippen LogP contribution is -2.49. The minimum absolute atomic E-state index is 0.0938. The Morgan fingerprint density at radius 3 is 2.34 bits per heavy atom. The van der Waals surface area contributed by atoms with Crippen molar-refractivity contribution in [1.29, 1.82) is 0 Å². The largest absolute Gasteiger partial charge is 0.352 e. The van der Waals surface area contributed by atoms with Crippen LogP contribution < -0.4 is 4.90 Å². The number of likely N-dealkylation sites (tertiary alicyclic amines) is 1. The van der Waals surface area contributed by atoms with Gasteiger partial charge in [0.15, 0.2) is 5.78 Å². The van der Waals surface area contributed by atoms with Gasteiger partial charge in [0.25, 0.3) is 0 Å². The highest BCUT2D eigenvalue weighted by Gasteiger charge is 2.64. The summed E-state index contributed by atoms with van der Waals surface area (Å²) < 4.78 is 0. The molecule has 0 spiro atoms. The van der Waals surface area contributed by atoms with Crippen LogP contribution in [0.2, 0.25) is 0 Å². The highest BCUT2D eigenvalue weighted by molar-refractivity contribution is 6.14. The molecule has 3 aliphatic rings. The quantitative estimate of drug-likeness (QED) is 0.528. The van der Waals surface area contributed by atoms with Gasteiger partial charge in [0, 0.05) is 23.4 Å². The van der Waals surface area contributed by atoms with Crippen molar-refractivity contribution >= 4 is 28.9 Å². The Labute approximate surface area is 188 Å². The fourth-order valence-electron chi connectivity index (χ4n) is 5.58. The average molecular weight is 429 g/mol. The number of nitrogens with zero attached hydrogens (tertiary/aromatic N) is 2. The molecule has 0 N–H and O–H groups in total. The Hall–Kier alpha value is -3.21. The Kier molecular flexibility index (Phi) is 5.00. The maximum atomic E-state index is 13.9. The maximum absolute atomic E-state index is 13.9. The SMILES string of the molecule is CCCCN1C(=O)[C@@H]2[C@H](C1=O)[C@@H]1C=C(C)c3ccccc3N1[C@@H]2C(=O)c1ccc(C)cc1. The van der Waals surface area contributed by atoms with Crippen LogP contribution in [-0.4, -0.2) is 41.1 Å². The number of carbonyl (C=O) groups is 3. The molecule has 4 atom stereocenters. The molecule has 2 fully saturated rings. The summed E-state index contributed by atoms with van der Waals surface area (Å²) in [5.74, 6) is -1.61. The van der Waals surface area contributed by atoms with E-state index in [-0.39, 0.29) is 23.6 Å². The number of Topliss-reactive ketones (excluding diaryl/α,β-unsaturated/α-hetero) is 1. The van der Waals surface area contributed by atoms with E-state index in [4.69, 9.17) is 0 Å². The lowest BCUT2D eigenvalue weighted by Gasteiger charge is -2.38. The number of aryl methyl sites for hydroxylation is 1. The average Bonchev–Trinajstić information content (AvgIpc) is 3.25. The van der Waals surface area contributed by atoms with Crippen LogP contribution in [0.15, 0.2) is 54.6 Å². The first kappa shape index (κ1) is 20.7. The van der Waals surface area contributed by atoms with Crippen LogP contribution in [0.1, 0.15) is 48.2 Å². The zero-order valence-corrected chi connectivity index (χ0v) is 18.7. The number of hydrogen-bond acceptors (Lipinski definition) is 4. The number of anilines is 1. The van der Waals surface area contributed by atoms with Crippen LogP contribution in [0.3, 0.4) is 0 Å². The minimum atomic E-state index is -0.693. The number of rotatable bonds is 5. The lowest BCUT2D eigenvalue weighted by molar-refractivity contribution is -0.140. The van der Waals surface area contributed by atoms with Gasteiger partial charge in [0.05, 0.1) is 17.9 Å². The summed E-state index contributed by atoms with van der Waals surface area (Å²) in [7, 11) is 0. The van der Waals surface area contributed by atoms with Crippen molar-refractivity contribution in [3.8, 4) is 0 Å². The summed E-state index contributed by atoms with van der Waals surface area (Å²) in [6.45, 7) is 6.49. The summed E-state index contributed by atoms with van der Waals surface area (Å²) in [4.78, 5) is 44.3. The molecule has 2 saturated heterocycles. The van der Waals surface area contributed by atoms with Gasteiger partial charge < -0.3 is 4.90 Å². The number of para-hydroxylation sites is 1. The molecule has 0 bridgehead atoms.